The number of aryl methyl sites for hydroxylation is 1. The van der Waals surface area contributed by atoms with Gasteiger partial charge in [0.25, 0.3) is 0 Å². The van der Waals surface area contributed by atoms with Crippen LogP contribution in [0, 0.1) is 0 Å². The second-order valence-corrected chi connectivity index (χ2v) is 4.09. The molecule has 0 atom stereocenters. The predicted molar refractivity (Wildman–Crippen MR) is 68.6 cm³/mol. The van der Waals surface area contributed by atoms with E-state index in [2.05, 4.69) is 4.74 Å². The van der Waals surface area contributed by atoms with Gasteiger partial charge in [-0.1, -0.05) is 12.1 Å². The van der Waals surface area contributed by atoms with E-state index < -0.39 is 0 Å². The summed E-state index contributed by atoms with van der Waals surface area (Å²) in [4.78, 5) is 22.1. The maximum atomic E-state index is 11.0. The van der Waals surface area contributed by atoms with Gasteiger partial charge >= 0.3 is 5.97 Å². The number of para-hydroxylation sites is 1. The lowest BCUT2D eigenvalue weighted by atomic mass is 10.1. The molecule has 0 N–H and O–H groups in total. The molecule has 94 valence electrons. The van der Waals surface area contributed by atoms with Crippen LogP contribution in [0.5, 0.6) is 0 Å². The first-order chi connectivity index (χ1) is 8.76. The van der Waals surface area contributed by atoms with E-state index in [9.17, 15) is 9.59 Å². The molecule has 0 saturated heterocycles. The number of carbonyl (C=O) groups excluding carboxylic acids is 2. The van der Waals surface area contributed by atoms with E-state index in [4.69, 9.17) is 0 Å². The molecule has 1 heterocycles. The number of hydrogen-bond acceptors (Lipinski definition) is 3. The Hall–Kier alpha value is -2.10. The van der Waals surface area contributed by atoms with Crippen molar-refractivity contribution in [1.29, 1.82) is 0 Å². The van der Waals surface area contributed by atoms with E-state index in [1.165, 1.54) is 7.11 Å². The molecule has 0 saturated carbocycles. The molecule has 18 heavy (non-hydrogen) atoms. The lowest BCUT2D eigenvalue weighted by molar-refractivity contribution is -0.140. The van der Waals surface area contributed by atoms with Gasteiger partial charge < -0.3 is 9.30 Å². The lowest BCUT2D eigenvalue weighted by Crippen LogP contribution is -2.04. The number of ether oxygens (including phenoxy) is 1. The van der Waals surface area contributed by atoms with Crippen LogP contribution >= 0.6 is 0 Å². The highest BCUT2D eigenvalue weighted by Gasteiger charge is 2.06. The Balaban J connectivity index is 2.18. The first kappa shape index (κ1) is 12.4. The fraction of sp³-hybridized carbons (Fsp3) is 0.286. The third kappa shape index (κ3) is 2.42. The number of aldehydes is 1. The van der Waals surface area contributed by atoms with Gasteiger partial charge in [-0.3, -0.25) is 9.59 Å². The van der Waals surface area contributed by atoms with Crippen molar-refractivity contribution in [2.45, 2.75) is 19.4 Å². The highest BCUT2D eigenvalue weighted by molar-refractivity contribution is 5.96. The first-order valence-electron chi connectivity index (χ1n) is 5.86. The number of fused-ring (bicyclic) bond motifs is 1. The van der Waals surface area contributed by atoms with Crippen molar-refractivity contribution < 1.29 is 14.3 Å². The van der Waals surface area contributed by atoms with Crippen LogP contribution in [0.25, 0.3) is 10.9 Å². The number of rotatable bonds is 5. The molecule has 0 bridgehead atoms. The Morgan fingerprint density at radius 1 is 1.39 bits per heavy atom. The van der Waals surface area contributed by atoms with Crippen molar-refractivity contribution >= 4 is 23.2 Å². The van der Waals surface area contributed by atoms with Gasteiger partial charge in [-0.15, -0.1) is 0 Å². The molecule has 2 rings (SSSR count). The molecule has 2 aromatic rings. The van der Waals surface area contributed by atoms with Gasteiger partial charge in [0.15, 0.2) is 6.29 Å². The molecule has 0 unspecified atom stereocenters. The van der Waals surface area contributed by atoms with Gasteiger partial charge in [-0.2, -0.15) is 0 Å². The van der Waals surface area contributed by atoms with Crippen LogP contribution in [-0.2, 0) is 16.1 Å². The van der Waals surface area contributed by atoms with E-state index >= 15 is 0 Å². The smallest absolute Gasteiger partial charge is 0.305 e. The lowest BCUT2D eigenvalue weighted by Gasteiger charge is -2.06. The van der Waals surface area contributed by atoms with Crippen LogP contribution in [0.1, 0.15) is 23.2 Å². The van der Waals surface area contributed by atoms with E-state index in [0.29, 0.717) is 24.9 Å². The number of nitrogens with zero attached hydrogens (tertiary/aromatic N) is 1. The Bertz CT molecular complexity index is 571. The number of hydrogen-bond donors (Lipinski definition) is 0. The van der Waals surface area contributed by atoms with Crippen molar-refractivity contribution in [3.05, 3.63) is 36.0 Å². The second-order valence-electron chi connectivity index (χ2n) is 4.09. The molecule has 0 aliphatic heterocycles. The third-order valence-electron chi connectivity index (χ3n) is 2.95. The van der Waals surface area contributed by atoms with Crippen LogP contribution in [0.4, 0.5) is 0 Å². The Morgan fingerprint density at radius 3 is 2.94 bits per heavy atom. The SMILES string of the molecule is COC(=O)CCCn1ccc2cccc(C=O)c21. The monoisotopic (exact) mass is 245 g/mol. The summed E-state index contributed by atoms with van der Waals surface area (Å²) in [5, 5.41) is 1.04. The fourth-order valence-electron chi connectivity index (χ4n) is 2.07. The zero-order valence-electron chi connectivity index (χ0n) is 10.3. The van der Waals surface area contributed by atoms with Crippen molar-refractivity contribution in [3.8, 4) is 0 Å². The third-order valence-corrected chi connectivity index (χ3v) is 2.95. The van der Waals surface area contributed by atoms with Crippen molar-refractivity contribution in [1.82, 2.24) is 4.57 Å². The first-order valence-corrected chi connectivity index (χ1v) is 5.86. The number of carbonyl (C=O) groups is 2. The normalized spacial score (nSPS) is 10.5. The van der Waals surface area contributed by atoms with Crippen LogP contribution in [0.2, 0.25) is 0 Å². The number of esters is 1. The summed E-state index contributed by atoms with van der Waals surface area (Å²) in [5.74, 6) is -0.206. The summed E-state index contributed by atoms with van der Waals surface area (Å²) in [6, 6.07) is 7.61. The molecule has 1 aromatic heterocycles. The summed E-state index contributed by atoms with van der Waals surface area (Å²) in [6.45, 7) is 0.698. The van der Waals surface area contributed by atoms with Gasteiger partial charge in [-0.05, 0) is 18.6 Å². The van der Waals surface area contributed by atoms with Gasteiger partial charge in [-0.25, -0.2) is 0 Å². The molecule has 4 heteroatoms. The largest absolute Gasteiger partial charge is 0.469 e. The summed E-state index contributed by atoms with van der Waals surface area (Å²) in [6.07, 6.45) is 3.89. The molecular formula is C14H15NO3. The van der Waals surface area contributed by atoms with Crippen LogP contribution in [-0.4, -0.2) is 23.9 Å². The quantitative estimate of drug-likeness (QED) is 0.600. The standard InChI is InChI=1S/C14H15NO3/c1-18-13(17)6-3-8-15-9-7-11-4-2-5-12(10-16)14(11)15/h2,4-5,7,9-10H,3,6,8H2,1H3. The second kappa shape index (κ2) is 5.49. The van der Waals surface area contributed by atoms with Crippen LogP contribution in [0.15, 0.2) is 30.5 Å². The molecule has 0 amide bonds. The summed E-state index contributed by atoms with van der Waals surface area (Å²) >= 11 is 0. The molecule has 0 aliphatic carbocycles. The fourth-order valence-corrected chi connectivity index (χ4v) is 2.07. The van der Waals surface area contributed by atoms with E-state index in [1.807, 2.05) is 29.0 Å². The van der Waals surface area contributed by atoms with Gasteiger partial charge in [0, 0.05) is 30.1 Å². The molecule has 1 aromatic carbocycles. The van der Waals surface area contributed by atoms with E-state index in [0.717, 1.165) is 17.2 Å². The number of methoxy groups -OCH3 is 1. The van der Waals surface area contributed by atoms with Crippen molar-refractivity contribution in [2.75, 3.05) is 7.11 Å². The van der Waals surface area contributed by atoms with Crippen LogP contribution < -0.4 is 0 Å². The molecular weight excluding hydrogens is 230 g/mol. The van der Waals surface area contributed by atoms with Crippen LogP contribution in [0.3, 0.4) is 0 Å². The number of benzene rings is 1. The van der Waals surface area contributed by atoms with E-state index in [-0.39, 0.29) is 5.97 Å². The highest BCUT2D eigenvalue weighted by Crippen LogP contribution is 2.19. The minimum Gasteiger partial charge on any atom is -0.469 e. The molecule has 0 aliphatic rings. The topological polar surface area (TPSA) is 48.3 Å². The minimum atomic E-state index is -0.206. The van der Waals surface area contributed by atoms with Crippen molar-refractivity contribution in [2.24, 2.45) is 0 Å². The van der Waals surface area contributed by atoms with Gasteiger partial charge in [0.05, 0.1) is 12.6 Å². The maximum absolute atomic E-state index is 11.0. The Kier molecular flexibility index (Phi) is 3.77. The summed E-state index contributed by atoms with van der Waals surface area (Å²) in [7, 11) is 1.39. The Morgan fingerprint density at radius 2 is 2.22 bits per heavy atom. The molecule has 0 spiro atoms. The molecule has 0 fully saturated rings. The zero-order valence-corrected chi connectivity index (χ0v) is 10.3. The van der Waals surface area contributed by atoms with E-state index in [1.54, 1.807) is 6.07 Å². The summed E-state index contributed by atoms with van der Waals surface area (Å²) < 4.78 is 6.60. The Labute approximate surface area is 105 Å². The van der Waals surface area contributed by atoms with Gasteiger partial charge in [0.1, 0.15) is 0 Å². The highest BCUT2D eigenvalue weighted by atomic mass is 16.5. The average Bonchev–Trinajstić information content (AvgIpc) is 2.82. The maximum Gasteiger partial charge on any atom is 0.305 e. The average molecular weight is 245 g/mol. The van der Waals surface area contributed by atoms with Gasteiger partial charge in [0.2, 0.25) is 0 Å². The molecule has 4 nitrogen and oxygen atoms in total. The number of aromatic nitrogens is 1. The zero-order chi connectivity index (χ0) is 13.0. The summed E-state index contributed by atoms with van der Waals surface area (Å²) in [5.41, 5.74) is 1.60. The predicted octanol–water partition coefficient (Wildman–Crippen LogP) is 2.41. The van der Waals surface area contributed by atoms with Crippen molar-refractivity contribution in [3.63, 3.8) is 0 Å². The minimum absolute atomic E-state index is 0.206. The molecule has 0 radical (unpaired) electrons.